The predicted octanol–water partition coefficient (Wildman–Crippen LogP) is 3.74. The summed E-state index contributed by atoms with van der Waals surface area (Å²) in [6.07, 6.45) is 1.79. The largest absolute Gasteiger partial charge is 0.497 e. The zero-order valence-electron chi connectivity index (χ0n) is 15.4. The summed E-state index contributed by atoms with van der Waals surface area (Å²) in [6, 6.07) is 13.3. The molecule has 0 unspecified atom stereocenters. The molecule has 2 aromatic rings. The summed E-state index contributed by atoms with van der Waals surface area (Å²) < 4.78 is 10.6. The van der Waals surface area contributed by atoms with Gasteiger partial charge in [0.25, 0.3) is 5.91 Å². The number of ether oxygens (including phenoxy) is 2. The van der Waals surface area contributed by atoms with Gasteiger partial charge in [0.1, 0.15) is 23.0 Å². The number of carbonyl (C=O) groups is 1. The maximum atomic E-state index is 12.3. The van der Waals surface area contributed by atoms with Crippen molar-refractivity contribution >= 4 is 17.8 Å². The van der Waals surface area contributed by atoms with Crippen molar-refractivity contribution < 1.29 is 14.3 Å². The first kappa shape index (κ1) is 17.7. The van der Waals surface area contributed by atoms with Crippen molar-refractivity contribution in [2.75, 3.05) is 14.2 Å². The number of aliphatic imine (C=N–C) groups is 1. The SMILES string of the molecule is COc1ccc(C2=N/C(=C/c3ccc(OC)c(C(C)C)c3)C(=O)N2)cc1. The van der Waals surface area contributed by atoms with Crippen molar-refractivity contribution in [1.82, 2.24) is 5.32 Å². The minimum absolute atomic E-state index is 0.210. The molecule has 0 saturated carbocycles. The fourth-order valence-electron chi connectivity index (χ4n) is 2.81. The number of benzene rings is 2. The van der Waals surface area contributed by atoms with E-state index in [0.717, 1.165) is 28.2 Å². The smallest absolute Gasteiger partial charge is 0.275 e. The average molecular weight is 350 g/mol. The average Bonchev–Trinajstić information content (AvgIpc) is 3.02. The lowest BCUT2D eigenvalue weighted by molar-refractivity contribution is -0.115. The highest BCUT2D eigenvalue weighted by molar-refractivity contribution is 6.19. The van der Waals surface area contributed by atoms with Crippen molar-refractivity contribution in [3.05, 3.63) is 64.9 Å². The molecule has 0 radical (unpaired) electrons. The van der Waals surface area contributed by atoms with Crippen LogP contribution in [0.3, 0.4) is 0 Å². The Kier molecular flexibility index (Phi) is 5.07. The number of amidine groups is 1. The second kappa shape index (κ2) is 7.44. The van der Waals surface area contributed by atoms with E-state index in [0.29, 0.717) is 17.5 Å². The van der Waals surface area contributed by atoms with Gasteiger partial charge in [0.15, 0.2) is 0 Å². The zero-order valence-corrected chi connectivity index (χ0v) is 15.4. The molecule has 26 heavy (non-hydrogen) atoms. The van der Waals surface area contributed by atoms with E-state index in [9.17, 15) is 4.79 Å². The number of nitrogens with zero attached hydrogens (tertiary/aromatic N) is 1. The first-order valence-corrected chi connectivity index (χ1v) is 8.46. The van der Waals surface area contributed by atoms with Crippen LogP contribution in [-0.2, 0) is 4.79 Å². The lowest BCUT2D eigenvalue weighted by atomic mass is 9.99. The van der Waals surface area contributed by atoms with E-state index in [2.05, 4.69) is 24.2 Å². The van der Waals surface area contributed by atoms with Gasteiger partial charge >= 0.3 is 0 Å². The fourth-order valence-corrected chi connectivity index (χ4v) is 2.81. The van der Waals surface area contributed by atoms with E-state index >= 15 is 0 Å². The molecule has 1 aliphatic rings. The highest BCUT2D eigenvalue weighted by Crippen LogP contribution is 2.28. The highest BCUT2D eigenvalue weighted by Gasteiger charge is 2.21. The van der Waals surface area contributed by atoms with Gasteiger partial charge in [-0.15, -0.1) is 0 Å². The lowest BCUT2D eigenvalue weighted by Crippen LogP contribution is -2.24. The van der Waals surface area contributed by atoms with Gasteiger partial charge in [0.2, 0.25) is 0 Å². The molecule has 1 N–H and O–H groups in total. The van der Waals surface area contributed by atoms with Crippen molar-refractivity contribution in [3.63, 3.8) is 0 Å². The van der Waals surface area contributed by atoms with Gasteiger partial charge in [0.05, 0.1) is 14.2 Å². The molecular weight excluding hydrogens is 328 g/mol. The van der Waals surface area contributed by atoms with Crippen LogP contribution >= 0.6 is 0 Å². The fraction of sp³-hybridized carbons (Fsp3) is 0.238. The summed E-state index contributed by atoms with van der Waals surface area (Å²) in [6.45, 7) is 4.22. The van der Waals surface area contributed by atoms with E-state index in [1.165, 1.54) is 0 Å². The topological polar surface area (TPSA) is 59.9 Å². The van der Waals surface area contributed by atoms with E-state index < -0.39 is 0 Å². The molecule has 3 rings (SSSR count). The van der Waals surface area contributed by atoms with E-state index in [4.69, 9.17) is 9.47 Å². The predicted molar refractivity (Wildman–Crippen MR) is 103 cm³/mol. The standard InChI is InChI=1S/C21H22N2O3/c1-13(2)17-11-14(5-10-19(17)26-4)12-18-21(24)23-20(22-18)15-6-8-16(25-3)9-7-15/h5-13H,1-4H3,(H,22,23,24)/b18-12+. The third-order valence-corrected chi connectivity index (χ3v) is 4.24. The molecule has 134 valence electrons. The minimum atomic E-state index is -0.210. The van der Waals surface area contributed by atoms with Gasteiger partial charge < -0.3 is 14.8 Å². The summed E-state index contributed by atoms with van der Waals surface area (Å²) in [7, 11) is 3.28. The van der Waals surface area contributed by atoms with E-state index in [1.54, 1.807) is 20.3 Å². The van der Waals surface area contributed by atoms with Crippen LogP contribution in [0.15, 0.2) is 53.2 Å². The molecule has 1 heterocycles. The van der Waals surface area contributed by atoms with E-state index in [-0.39, 0.29) is 5.91 Å². The molecule has 0 saturated heterocycles. The molecule has 0 aliphatic carbocycles. The van der Waals surface area contributed by atoms with Crippen LogP contribution < -0.4 is 14.8 Å². The van der Waals surface area contributed by atoms with Gasteiger partial charge in [-0.05, 0) is 59.5 Å². The first-order chi connectivity index (χ1) is 12.5. The Bertz CT molecular complexity index is 881. The van der Waals surface area contributed by atoms with Crippen LogP contribution in [0.2, 0.25) is 0 Å². The second-order valence-corrected chi connectivity index (χ2v) is 6.33. The Morgan fingerprint density at radius 2 is 1.77 bits per heavy atom. The number of hydrogen-bond acceptors (Lipinski definition) is 4. The van der Waals surface area contributed by atoms with Crippen LogP contribution in [0.1, 0.15) is 36.5 Å². The number of nitrogens with one attached hydrogen (secondary N) is 1. The monoisotopic (exact) mass is 350 g/mol. The van der Waals surface area contributed by atoms with E-state index in [1.807, 2.05) is 42.5 Å². The molecule has 0 atom stereocenters. The van der Waals surface area contributed by atoms with Crippen molar-refractivity contribution in [3.8, 4) is 11.5 Å². The molecule has 0 spiro atoms. The maximum Gasteiger partial charge on any atom is 0.275 e. The summed E-state index contributed by atoms with van der Waals surface area (Å²) in [5.74, 6) is 2.26. The van der Waals surface area contributed by atoms with Crippen LogP contribution in [0.5, 0.6) is 11.5 Å². The van der Waals surface area contributed by atoms with Gasteiger partial charge in [-0.2, -0.15) is 0 Å². The number of methoxy groups -OCH3 is 2. The maximum absolute atomic E-state index is 12.3. The number of carbonyl (C=O) groups excluding carboxylic acids is 1. The van der Waals surface area contributed by atoms with Gasteiger partial charge in [-0.1, -0.05) is 19.9 Å². The summed E-state index contributed by atoms with van der Waals surface area (Å²) in [5, 5.41) is 2.82. The van der Waals surface area contributed by atoms with Crippen molar-refractivity contribution in [2.45, 2.75) is 19.8 Å². The Labute approximate surface area is 153 Å². The molecule has 1 amide bonds. The molecule has 0 bridgehead atoms. The van der Waals surface area contributed by atoms with Gasteiger partial charge in [0, 0.05) is 5.56 Å². The molecule has 0 aromatic heterocycles. The highest BCUT2D eigenvalue weighted by atomic mass is 16.5. The quantitative estimate of drug-likeness (QED) is 0.836. The van der Waals surface area contributed by atoms with Crippen LogP contribution in [-0.4, -0.2) is 26.0 Å². The Morgan fingerprint density at radius 3 is 2.38 bits per heavy atom. The Morgan fingerprint density at radius 1 is 1.04 bits per heavy atom. The summed E-state index contributed by atoms with van der Waals surface area (Å²) in [5.41, 5.74) is 3.23. The summed E-state index contributed by atoms with van der Waals surface area (Å²) in [4.78, 5) is 16.7. The molecule has 0 fully saturated rings. The number of hydrogen-bond donors (Lipinski definition) is 1. The van der Waals surface area contributed by atoms with Crippen LogP contribution in [0.25, 0.3) is 6.08 Å². The van der Waals surface area contributed by atoms with Crippen molar-refractivity contribution in [1.29, 1.82) is 0 Å². The molecule has 5 heteroatoms. The minimum Gasteiger partial charge on any atom is -0.497 e. The molecular formula is C21H22N2O3. The number of amides is 1. The first-order valence-electron chi connectivity index (χ1n) is 8.46. The third-order valence-electron chi connectivity index (χ3n) is 4.24. The third kappa shape index (κ3) is 3.61. The molecule has 2 aromatic carbocycles. The Hall–Kier alpha value is -3.08. The van der Waals surface area contributed by atoms with Gasteiger partial charge in [-0.25, -0.2) is 4.99 Å². The molecule has 1 aliphatic heterocycles. The lowest BCUT2D eigenvalue weighted by Gasteiger charge is -2.12. The Balaban J connectivity index is 1.92. The normalized spacial score (nSPS) is 15.2. The van der Waals surface area contributed by atoms with Gasteiger partial charge in [-0.3, -0.25) is 4.79 Å². The zero-order chi connectivity index (χ0) is 18.7. The summed E-state index contributed by atoms with van der Waals surface area (Å²) >= 11 is 0. The molecule has 5 nitrogen and oxygen atoms in total. The van der Waals surface area contributed by atoms with Crippen LogP contribution in [0, 0.1) is 0 Å². The second-order valence-electron chi connectivity index (χ2n) is 6.33. The number of rotatable bonds is 5. The van der Waals surface area contributed by atoms with Crippen LogP contribution in [0.4, 0.5) is 0 Å². The van der Waals surface area contributed by atoms with Crippen molar-refractivity contribution in [2.24, 2.45) is 4.99 Å².